The van der Waals surface area contributed by atoms with Gasteiger partial charge in [-0.2, -0.15) is 0 Å². The Labute approximate surface area is 107 Å². The molecule has 0 bridgehead atoms. The molecule has 1 aromatic rings. The van der Waals surface area contributed by atoms with Crippen LogP contribution in [0.25, 0.3) is 0 Å². The first-order chi connectivity index (χ1) is 7.98. The van der Waals surface area contributed by atoms with E-state index < -0.39 is 5.60 Å². The van der Waals surface area contributed by atoms with Crippen molar-refractivity contribution >= 4 is 11.6 Å². The Kier molecular flexibility index (Phi) is 3.74. The normalized spacial score (nSPS) is 29.3. The summed E-state index contributed by atoms with van der Waals surface area (Å²) in [6, 6.07) is 4.66. The third kappa shape index (κ3) is 3.20. The topological polar surface area (TPSA) is 20.2 Å². The molecule has 0 saturated heterocycles. The summed E-state index contributed by atoms with van der Waals surface area (Å²) >= 11 is 5.71. The highest BCUT2D eigenvalue weighted by Gasteiger charge is 2.32. The Morgan fingerprint density at radius 1 is 1.41 bits per heavy atom. The van der Waals surface area contributed by atoms with Crippen LogP contribution in [0.15, 0.2) is 18.2 Å². The van der Waals surface area contributed by atoms with Crippen LogP contribution in [0.1, 0.15) is 38.2 Å². The van der Waals surface area contributed by atoms with Gasteiger partial charge in [-0.05, 0) is 49.3 Å². The van der Waals surface area contributed by atoms with Crippen LogP contribution in [0, 0.1) is 11.7 Å². The highest BCUT2D eigenvalue weighted by atomic mass is 35.5. The molecule has 1 aromatic carbocycles. The zero-order chi connectivity index (χ0) is 12.5. The van der Waals surface area contributed by atoms with E-state index in [2.05, 4.69) is 6.92 Å². The predicted octanol–water partition coefficient (Wildman–Crippen LogP) is 3.96. The molecule has 0 aliphatic heterocycles. The Morgan fingerprint density at radius 3 is 2.65 bits per heavy atom. The van der Waals surface area contributed by atoms with Crippen molar-refractivity contribution in [1.82, 2.24) is 0 Å². The van der Waals surface area contributed by atoms with Crippen LogP contribution in [-0.4, -0.2) is 10.7 Å². The Morgan fingerprint density at radius 2 is 2.06 bits per heavy atom. The summed E-state index contributed by atoms with van der Waals surface area (Å²) in [5.74, 6) is 0.356. The maximum Gasteiger partial charge on any atom is 0.127 e. The lowest BCUT2D eigenvalue weighted by Crippen LogP contribution is -2.36. The average Bonchev–Trinajstić information content (AvgIpc) is 2.27. The smallest absolute Gasteiger partial charge is 0.127 e. The van der Waals surface area contributed by atoms with Gasteiger partial charge in [-0.15, -0.1) is 0 Å². The number of hydrogen-bond acceptors (Lipinski definition) is 1. The molecule has 0 radical (unpaired) electrons. The van der Waals surface area contributed by atoms with Gasteiger partial charge in [-0.3, -0.25) is 0 Å². The highest BCUT2D eigenvalue weighted by Crippen LogP contribution is 2.34. The lowest BCUT2D eigenvalue weighted by atomic mass is 9.76. The van der Waals surface area contributed by atoms with Gasteiger partial charge >= 0.3 is 0 Å². The van der Waals surface area contributed by atoms with Gasteiger partial charge in [0.05, 0.1) is 5.60 Å². The van der Waals surface area contributed by atoms with E-state index in [4.69, 9.17) is 11.6 Å². The van der Waals surface area contributed by atoms with Gasteiger partial charge < -0.3 is 5.11 Å². The first-order valence-corrected chi connectivity index (χ1v) is 6.53. The van der Waals surface area contributed by atoms with Gasteiger partial charge in [0, 0.05) is 11.4 Å². The van der Waals surface area contributed by atoms with Crippen molar-refractivity contribution in [2.75, 3.05) is 0 Å². The minimum atomic E-state index is -0.735. The fourth-order valence-corrected chi connectivity index (χ4v) is 2.65. The molecule has 1 fully saturated rings. The van der Waals surface area contributed by atoms with Gasteiger partial charge in [-0.25, -0.2) is 4.39 Å². The van der Waals surface area contributed by atoms with Gasteiger partial charge in [0.1, 0.15) is 5.82 Å². The third-order valence-electron chi connectivity index (χ3n) is 3.74. The first-order valence-electron chi connectivity index (χ1n) is 6.15. The zero-order valence-electron chi connectivity index (χ0n) is 10.0. The lowest BCUT2D eigenvalue weighted by Gasteiger charge is -2.35. The van der Waals surface area contributed by atoms with Crippen LogP contribution >= 0.6 is 11.6 Å². The Bertz CT molecular complexity index is 397. The van der Waals surface area contributed by atoms with E-state index in [-0.39, 0.29) is 5.82 Å². The molecule has 0 heterocycles. The maximum atomic E-state index is 13.7. The molecular weight excluding hydrogens is 239 g/mol. The van der Waals surface area contributed by atoms with Gasteiger partial charge in [0.15, 0.2) is 0 Å². The van der Waals surface area contributed by atoms with E-state index in [9.17, 15) is 9.50 Å². The number of benzene rings is 1. The highest BCUT2D eigenvalue weighted by molar-refractivity contribution is 6.30. The largest absolute Gasteiger partial charge is 0.390 e. The second-order valence-electron chi connectivity index (χ2n) is 5.32. The first kappa shape index (κ1) is 12.8. The van der Waals surface area contributed by atoms with Crippen LogP contribution < -0.4 is 0 Å². The van der Waals surface area contributed by atoms with Crippen LogP contribution in [-0.2, 0) is 6.42 Å². The quantitative estimate of drug-likeness (QED) is 0.849. The fraction of sp³-hybridized carbons (Fsp3) is 0.571. The SMILES string of the molecule is CC1CCC(O)(Cc2ccc(Cl)cc2F)CC1. The van der Waals surface area contributed by atoms with Gasteiger partial charge in [0.2, 0.25) is 0 Å². The molecule has 1 N–H and O–H groups in total. The Balaban J connectivity index is 2.09. The predicted molar refractivity (Wildman–Crippen MR) is 67.7 cm³/mol. The maximum absolute atomic E-state index is 13.7. The van der Waals surface area contributed by atoms with Crippen molar-refractivity contribution in [3.8, 4) is 0 Å². The molecule has 1 aliphatic carbocycles. The number of rotatable bonds is 2. The van der Waals surface area contributed by atoms with Crippen LogP contribution in [0.5, 0.6) is 0 Å². The summed E-state index contributed by atoms with van der Waals surface area (Å²) in [6.45, 7) is 2.20. The molecule has 94 valence electrons. The van der Waals surface area contributed by atoms with Crippen molar-refractivity contribution in [3.05, 3.63) is 34.6 Å². The summed E-state index contributed by atoms with van der Waals surface area (Å²) in [7, 11) is 0. The van der Waals surface area contributed by atoms with E-state index in [1.54, 1.807) is 12.1 Å². The zero-order valence-corrected chi connectivity index (χ0v) is 10.8. The molecule has 0 atom stereocenters. The van der Waals surface area contributed by atoms with Crippen molar-refractivity contribution in [2.45, 2.75) is 44.6 Å². The van der Waals surface area contributed by atoms with E-state index in [1.807, 2.05) is 0 Å². The summed E-state index contributed by atoms with van der Waals surface area (Å²) in [6.07, 6.45) is 3.95. The third-order valence-corrected chi connectivity index (χ3v) is 3.97. The van der Waals surface area contributed by atoms with E-state index in [1.165, 1.54) is 6.07 Å². The van der Waals surface area contributed by atoms with E-state index in [0.717, 1.165) is 25.7 Å². The minimum Gasteiger partial charge on any atom is -0.390 e. The second kappa shape index (κ2) is 4.95. The Hall–Kier alpha value is -0.600. The summed E-state index contributed by atoms with van der Waals surface area (Å²) in [5.41, 5.74) is -0.173. The van der Waals surface area contributed by atoms with E-state index >= 15 is 0 Å². The molecule has 0 spiro atoms. The second-order valence-corrected chi connectivity index (χ2v) is 5.76. The van der Waals surface area contributed by atoms with Gasteiger partial charge in [0.25, 0.3) is 0 Å². The lowest BCUT2D eigenvalue weighted by molar-refractivity contribution is -0.00731. The molecular formula is C14H18ClFO. The minimum absolute atomic E-state index is 0.315. The van der Waals surface area contributed by atoms with Gasteiger partial charge in [-0.1, -0.05) is 24.6 Å². The number of halogens is 2. The van der Waals surface area contributed by atoms with Crippen LogP contribution in [0.4, 0.5) is 4.39 Å². The standard InChI is InChI=1S/C14H18ClFO/c1-10-4-6-14(17,7-5-10)9-11-2-3-12(15)8-13(11)16/h2-3,8,10,17H,4-7,9H2,1H3. The molecule has 0 unspecified atom stereocenters. The average molecular weight is 257 g/mol. The number of hydrogen-bond donors (Lipinski definition) is 1. The molecule has 1 saturated carbocycles. The fourth-order valence-electron chi connectivity index (χ4n) is 2.50. The molecule has 0 amide bonds. The molecule has 17 heavy (non-hydrogen) atoms. The van der Waals surface area contributed by atoms with Crippen LogP contribution in [0.2, 0.25) is 5.02 Å². The molecule has 2 rings (SSSR count). The molecule has 1 nitrogen and oxygen atoms in total. The molecule has 3 heteroatoms. The summed E-state index contributed by atoms with van der Waals surface area (Å²) in [4.78, 5) is 0. The molecule has 1 aliphatic rings. The van der Waals surface area contributed by atoms with E-state index in [0.29, 0.717) is 22.9 Å². The van der Waals surface area contributed by atoms with Crippen LogP contribution in [0.3, 0.4) is 0 Å². The molecule has 0 aromatic heterocycles. The monoisotopic (exact) mass is 256 g/mol. The van der Waals surface area contributed by atoms with Crippen molar-refractivity contribution in [3.63, 3.8) is 0 Å². The number of aliphatic hydroxyl groups is 1. The summed E-state index contributed by atoms with van der Waals surface area (Å²) in [5, 5.41) is 10.8. The van der Waals surface area contributed by atoms with Crippen molar-refractivity contribution in [1.29, 1.82) is 0 Å². The van der Waals surface area contributed by atoms with Crippen molar-refractivity contribution < 1.29 is 9.50 Å². The summed E-state index contributed by atoms with van der Waals surface area (Å²) < 4.78 is 13.7. The van der Waals surface area contributed by atoms with Crippen molar-refractivity contribution in [2.24, 2.45) is 5.92 Å².